The lowest BCUT2D eigenvalue weighted by atomic mass is 10.1. The summed E-state index contributed by atoms with van der Waals surface area (Å²) in [5, 5.41) is 16.2. The number of carbonyl (C=O) groups excluding carboxylic acids is 1. The quantitative estimate of drug-likeness (QED) is 0.709. The number of aromatic nitrogens is 2. The van der Waals surface area contributed by atoms with Crippen molar-refractivity contribution in [3.05, 3.63) is 53.0 Å². The lowest BCUT2D eigenvalue weighted by Gasteiger charge is -2.21. The average Bonchev–Trinajstić information content (AvgIpc) is 3.22. The summed E-state index contributed by atoms with van der Waals surface area (Å²) in [4.78, 5) is 25.4. The highest BCUT2D eigenvalue weighted by Gasteiger charge is 2.53. The SMILES string of the molecule is O=C(NCc1cc(F)ccc1F)C1=NCc2ncnc(N[C@@H]3C[C@H]4C[C@H]4[C@H]3O)c21. The molecule has 0 bridgehead atoms. The van der Waals surface area contributed by atoms with E-state index in [-0.39, 0.29) is 30.4 Å². The first-order valence-electron chi connectivity index (χ1n) is 9.56. The van der Waals surface area contributed by atoms with Crippen LogP contribution in [0.25, 0.3) is 0 Å². The molecule has 1 aromatic heterocycles. The number of halogens is 2. The van der Waals surface area contributed by atoms with Crippen molar-refractivity contribution in [3.63, 3.8) is 0 Å². The van der Waals surface area contributed by atoms with Crippen molar-refractivity contribution in [2.45, 2.75) is 38.1 Å². The Morgan fingerprint density at radius 3 is 2.90 bits per heavy atom. The molecule has 2 saturated carbocycles. The molecule has 0 radical (unpaired) electrons. The lowest BCUT2D eigenvalue weighted by Crippen LogP contribution is -2.34. The maximum Gasteiger partial charge on any atom is 0.270 e. The lowest BCUT2D eigenvalue weighted by molar-refractivity contribution is -0.114. The van der Waals surface area contributed by atoms with Gasteiger partial charge in [-0.05, 0) is 42.9 Å². The van der Waals surface area contributed by atoms with Gasteiger partial charge in [0.2, 0.25) is 0 Å². The molecule has 2 fully saturated rings. The maximum atomic E-state index is 13.8. The summed E-state index contributed by atoms with van der Waals surface area (Å²) < 4.78 is 27.1. The number of benzene rings is 1. The minimum absolute atomic E-state index is 0.0492. The largest absolute Gasteiger partial charge is 0.391 e. The summed E-state index contributed by atoms with van der Waals surface area (Å²) in [5.74, 6) is -0.328. The number of rotatable bonds is 5. The van der Waals surface area contributed by atoms with Gasteiger partial charge in [-0.1, -0.05) is 0 Å². The Hall–Kier alpha value is -2.94. The van der Waals surface area contributed by atoms with E-state index in [9.17, 15) is 18.7 Å². The summed E-state index contributed by atoms with van der Waals surface area (Å²) in [7, 11) is 0. The summed E-state index contributed by atoms with van der Waals surface area (Å²) in [6, 6.07) is 2.97. The molecule has 150 valence electrons. The third-order valence-corrected chi connectivity index (χ3v) is 5.92. The summed E-state index contributed by atoms with van der Waals surface area (Å²) in [6.45, 7) is 0.0695. The van der Waals surface area contributed by atoms with Crippen LogP contribution in [0.2, 0.25) is 0 Å². The van der Waals surface area contributed by atoms with E-state index in [2.05, 4.69) is 25.6 Å². The fourth-order valence-electron chi connectivity index (χ4n) is 4.30. The second-order valence-electron chi connectivity index (χ2n) is 7.76. The van der Waals surface area contributed by atoms with Crippen molar-refractivity contribution < 1.29 is 18.7 Å². The van der Waals surface area contributed by atoms with E-state index < -0.39 is 23.6 Å². The zero-order valence-corrected chi connectivity index (χ0v) is 15.4. The third-order valence-electron chi connectivity index (χ3n) is 5.92. The van der Waals surface area contributed by atoms with E-state index in [1.165, 1.54) is 6.33 Å². The van der Waals surface area contributed by atoms with Crippen LogP contribution < -0.4 is 10.6 Å². The number of carbonyl (C=O) groups is 1. The Bertz CT molecular complexity index is 1030. The summed E-state index contributed by atoms with van der Waals surface area (Å²) in [6.07, 6.45) is 2.90. The van der Waals surface area contributed by atoms with Crippen molar-refractivity contribution >= 4 is 17.4 Å². The van der Waals surface area contributed by atoms with Crippen LogP contribution >= 0.6 is 0 Å². The van der Waals surface area contributed by atoms with E-state index in [1.54, 1.807) is 0 Å². The molecular weight excluding hydrogens is 380 g/mol. The molecule has 3 aliphatic rings. The second-order valence-corrected chi connectivity index (χ2v) is 7.76. The molecule has 5 rings (SSSR count). The van der Waals surface area contributed by atoms with Gasteiger partial charge in [-0.2, -0.15) is 0 Å². The summed E-state index contributed by atoms with van der Waals surface area (Å²) >= 11 is 0. The molecule has 2 heterocycles. The maximum absolute atomic E-state index is 13.8. The van der Waals surface area contributed by atoms with Crippen molar-refractivity contribution in [2.24, 2.45) is 16.8 Å². The van der Waals surface area contributed by atoms with E-state index in [1.807, 2.05) is 0 Å². The number of aliphatic imine (C=N–C) groups is 1. The number of fused-ring (bicyclic) bond motifs is 2. The van der Waals surface area contributed by atoms with Crippen LogP contribution in [0.3, 0.4) is 0 Å². The number of hydrogen-bond acceptors (Lipinski definition) is 6. The molecule has 0 saturated heterocycles. The van der Waals surface area contributed by atoms with Gasteiger partial charge in [0.05, 0.1) is 29.9 Å². The normalized spacial score (nSPS) is 26.5. The van der Waals surface area contributed by atoms with Crippen molar-refractivity contribution in [2.75, 3.05) is 5.32 Å². The van der Waals surface area contributed by atoms with E-state index >= 15 is 0 Å². The Kier molecular flexibility index (Phi) is 4.27. The third kappa shape index (κ3) is 3.25. The van der Waals surface area contributed by atoms with Crippen LogP contribution in [-0.2, 0) is 17.9 Å². The Balaban J connectivity index is 1.33. The standard InChI is InChI=1S/C20H19F2N5O2/c21-11-1-2-13(22)10(3-11)6-24-20(29)17-16-15(7-23-17)25-8-26-19(16)27-14-5-9-4-12(9)18(14)28/h1-3,8-9,12,14,18,28H,4-7H2,(H,24,29)(H,25,26,27)/t9-,12-,14-,18-/m1/s1. The molecule has 4 atom stereocenters. The van der Waals surface area contributed by atoms with Gasteiger partial charge >= 0.3 is 0 Å². The molecule has 1 aliphatic heterocycles. The molecule has 2 aromatic rings. The van der Waals surface area contributed by atoms with Crippen LogP contribution in [-0.4, -0.2) is 38.8 Å². The first-order chi connectivity index (χ1) is 14.0. The van der Waals surface area contributed by atoms with Gasteiger partial charge in [0.1, 0.15) is 29.5 Å². The molecular formula is C20H19F2N5O2. The number of amides is 1. The highest BCUT2D eigenvalue weighted by Crippen LogP contribution is 2.52. The predicted octanol–water partition coefficient (Wildman–Crippen LogP) is 1.56. The number of hydrogen-bond donors (Lipinski definition) is 3. The highest BCUT2D eigenvalue weighted by atomic mass is 19.1. The van der Waals surface area contributed by atoms with E-state index in [0.717, 1.165) is 31.0 Å². The number of aliphatic hydroxyl groups excluding tert-OH is 1. The Labute approximate surface area is 165 Å². The molecule has 7 nitrogen and oxygen atoms in total. The van der Waals surface area contributed by atoms with E-state index in [0.29, 0.717) is 28.9 Å². The first-order valence-corrected chi connectivity index (χ1v) is 9.56. The number of nitrogens with zero attached hydrogens (tertiary/aromatic N) is 3. The highest BCUT2D eigenvalue weighted by molar-refractivity contribution is 6.47. The fraction of sp³-hybridized carbons (Fsp3) is 0.400. The van der Waals surface area contributed by atoms with Gasteiger partial charge in [-0.3, -0.25) is 9.79 Å². The average molecular weight is 399 g/mol. The zero-order chi connectivity index (χ0) is 20.1. The smallest absolute Gasteiger partial charge is 0.270 e. The van der Waals surface area contributed by atoms with Crippen molar-refractivity contribution in [3.8, 4) is 0 Å². The van der Waals surface area contributed by atoms with Gasteiger partial charge in [0, 0.05) is 12.1 Å². The minimum atomic E-state index is -0.597. The van der Waals surface area contributed by atoms with E-state index in [4.69, 9.17) is 0 Å². The van der Waals surface area contributed by atoms with Gasteiger partial charge in [0.25, 0.3) is 5.91 Å². The zero-order valence-electron chi connectivity index (χ0n) is 15.4. The molecule has 9 heteroatoms. The van der Waals surface area contributed by atoms with Crippen LogP contribution in [0.1, 0.15) is 29.7 Å². The Morgan fingerprint density at radius 1 is 1.24 bits per heavy atom. The molecule has 3 N–H and O–H groups in total. The molecule has 0 spiro atoms. The van der Waals surface area contributed by atoms with Gasteiger partial charge in [-0.15, -0.1) is 0 Å². The molecule has 1 aromatic carbocycles. The van der Waals surface area contributed by atoms with Gasteiger partial charge < -0.3 is 15.7 Å². The summed E-state index contributed by atoms with van der Waals surface area (Å²) in [5.41, 5.74) is 1.31. The van der Waals surface area contributed by atoms with Crippen LogP contribution in [0.4, 0.5) is 14.6 Å². The molecule has 1 amide bonds. The topological polar surface area (TPSA) is 99.5 Å². The number of nitrogens with one attached hydrogen (secondary N) is 2. The van der Waals surface area contributed by atoms with Crippen LogP contribution in [0.15, 0.2) is 29.5 Å². The molecule has 2 aliphatic carbocycles. The predicted molar refractivity (Wildman–Crippen MR) is 100 cm³/mol. The van der Waals surface area contributed by atoms with Crippen molar-refractivity contribution in [1.29, 1.82) is 0 Å². The van der Waals surface area contributed by atoms with Gasteiger partial charge in [-0.25, -0.2) is 18.7 Å². The number of anilines is 1. The molecule has 29 heavy (non-hydrogen) atoms. The number of aliphatic hydroxyl groups is 1. The fourth-order valence-corrected chi connectivity index (χ4v) is 4.30. The van der Waals surface area contributed by atoms with Gasteiger partial charge in [0.15, 0.2) is 0 Å². The molecule has 0 unspecified atom stereocenters. The second kappa shape index (κ2) is 6.84. The Morgan fingerprint density at radius 2 is 2.10 bits per heavy atom. The first kappa shape index (κ1) is 18.1. The monoisotopic (exact) mass is 399 g/mol. The van der Waals surface area contributed by atoms with Crippen LogP contribution in [0.5, 0.6) is 0 Å². The van der Waals surface area contributed by atoms with Crippen molar-refractivity contribution in [1.82, 2.24) is 15.3 Å². The van der Waals surface area contributed by atoms with Crippen LogP contribution in [0, 0.1) is 23.5 Å². The minimum Gasteiger partial charge on any atom is -0.391 e.